The Morgan fingerprint density at radius 3 is 3.00 bits per heavy atom. The van der Waals surface area contributed by atoms with Crippen LogP contribution in [0.2, 0.25) is 0 Å². The fraction of sp³-hybridized carbons (Fsp3) is 0.278. The highest BCUT2D eigenvalue weighted by molar-refractivity contribution is 7.21. The zero-order valence-corrected chi connectivity index (χ0v) is 15.2. The summed E-state index contributed by atoms with van der Waals surface area (Å²) in [4.78, 5) is 34.1. The summed E-state index contributed by atoms with van der Waals surface area (Å²) < 4.78 is 0. The average Bonchev–Trinajstić information content (AvgIpc) is 3.21. The molecule has 0 aliphatic carbocycles. The number of nitrogens with one attached hydrogen (secondary N) is 1. The first-order valence-electron chi connectivity index (χ1n) is 8.15. The number of hydrogen-bond donors (Lipinski definition) is 1. The number of carbonyl (C=O) groups excluding carboxylic acids is 2. The van der Waals surface area contributed by atoms with Crippen LogP contribution >= 0.6 is 22.7 Å². The minimum Gasteiger partial charge on any atom is -0.324 e. The van der Waals surface area contributed by atoms with E-state index in [0.29, 0.717) is 10.6 Å². The first kappa shape index (κ1) is 15.2. The second-order valence-corrected chi connectivity index (χ2v) is 8.46. The Hall–Kier alpha value is -2.09. The molecule has 0 radical (unpaired) electrons. The second-order valence-electron chi connectivity index (χ2n) is 6.51. The van der Waals surface area contributed by atoms with Crippen LogP contribution in [0.4, 0.5) is 5.69 Å². The van der Waals surface area contributed by atoms with E-state index in [1.807, 2.05) is 6.07 Å². The number of aromatic nitrogens is 1. The average molecular weight is 369 g/mol. The third-order valence-electron chi connectivity index (χ3n) is 4.79. The van der Waals surface area contributed by atoms with Crippen LogP contribution in [0.3, 0.4) is 0 Å². The summed E-state index contributed by atoms with van der Waals surface area (Å²) in [6, 6.07) is 4.14. The molecule has 0 atom stereocenters. The van der Waals surface area contributed by atoms with Crippen LogP contribution in [0.1, 0.15) is 27.3 Å². The lowest BCUT2D eigenvalue weighted by molar-refractivity contribution is -0.115. The summed E-state index contributed by atoms with van der Waals surface area (Å²) in [6.07, 6.45) is 0.833. The number of Topliss-reactive ketones (excluding diaryl/α,β-unsaturated/α-hetero) is 1. The summed E-state index contributed by atoms with van der Waals surface area (Å²) in [5.74, 6) is -0.335. The molecule has 0 bridgehead atoms. The van der Waals surface area contributed by atoms with Crippen molar-refractivity contribution in [3.8, 4) is 10.4 Å². The monoisotopic (exact) mass is 369 g/mol. The summed E-state index contributed by atoms with van der Waals surface area (Å²) in [5, 5.41) is 5.92. The van der Waals surface area contributed by atoms with Crippen molar-refractivity contribution in [1.29, 1.82) is 0 Å². The molecule has 3 aromatic heterocycles. The van der Waals surface area contributed by atoms with Gasteiger partial charge in [0.2, 0.25) is 5.91 Å². The maximum absolute atomic E-state index is 12.4. The Kier molecular flexibility index (Phi) is 3.31. The molecule has 0 saturated carbocycles. The largest absolute Gasteiger partial charge is 0.324 e. The van der Waals surface area contributed by atoms with Crippen molar-refractivity contribution in [2.24, 2.45) is 0 Å². The SMILES string of the molecule is CN1CCc2nc3sc4c(c3c(-c3cccs3)c2C1)NC(=O)CC4=O. The van der Waals surface area contributed by atoms with E-state index in [2.05, 4.69) is 28.7 Å². The van der Waals surface area contributed by atoms with E-state index < -0.39 is 0 Å². The molecule has 5 heterocycles. The van der Waals surface area contributed by atoms with Gasteiger partial charge in [0.05, 0.1) is 17.0 Å². The quantitative estimate of drug-likeness (QED) is 0.667. The van der Waals surface area contributed by atoms with Gasteiger partial charge in [0.15, 0.2) is 5.78 Å². The summed E-state index contributed by atoms with van der Waals surface area (Å²) in [5.41, 5.74) is 4.13. The van der Waals surface area contributed by atoms with Crippen LogP contribution < -0.4 is 5.32 Å². The number of hydrogen-bond acceptors (Lipinski definition) is 6. The van der Waals surface area contributed by atoms with Gasteiger partial charge in [0, 0.05) is 41.0 Å². The number of rotatable bonds is 1. The Labute approximate surface area is 152 Å². The minimum absolute atomic E-state index is 0.0728. The zero-order valence-electron chi connectivity index (χ0n) is 13.6. The second kappa shape index (κ2) is 5.45. The van der Waals surface area contributed by atoms with Gasteiger partial charge in [-0.15, -0.1) is 22.7 Å². The van der Waals surface area contributed by atoms with Gasteiger partial charge >= 0.3 is 0 Å². The lowest BCUT2D eigenvalue weighted by atomic mass is 9.95. The van der Waals surface area contributed by atoms with E-state index in [4.69, 9.17) is 4.98 Å². The van der Waals surface area contributed by atoms with Crippen LogP contribution in [-0.2, 0) is 17.8 Å². The summed E-state index contributed by atoms with van der Waals surface area (Å²) in [7, 11) is 2.11. The Bertz CT molecular complexity index is 1040. The first-order valence-corrected chi connectivity index (χ1v) is 9.85. The van der Waals surface area contributed by atoms with Gasteiger partial charge in [-0.1, -0.05) is 6.07 Å². The summed E-state index contributed by atoms with van der Waals surface area (Å²) in [6.45, 7) is 1.81. The molecular formula is C18H15N3O2S2. The molecule has 0 unspecified atom stereocenters. The third-order valence-corrected chi connectivity index (χ3v) is 6.80. The molecule has 0 aromatic carbocycles. The topological polar surface area (TPSA) is 62.3 Å². The molecule has 126 valence electrons. The molecular weight excluding hydrogens is 354 g/mol. The van der Waals surface area contributed by atoms with Crippen LogP contribution in [0.15, 0.2) is 17.5 Å². The van der Waals surface area contributed by atoms with Gasteiger partial charge in [0.1, 0.15) is 4.83 Å². The van der Waals surface area contributed by atoms with Crippen molar-refractivity contribution in [3.63, 3.8) is 0 Å². The van der Waals surface area contributed by atoms with Crippen molar-refractivity contribution in [1.82, 2.24) is 9.88 Å². The van der Waals surface area contributed by atoms with Gasteiger partial charge in [-0.3, -0.25) is 9.59 Å². The number of anilines is 1. The van der Waals surface area contributed by atoms with Gasteiger partial charge in [0.25, 0.3) is 0 Å². The molecule has 0 saturated heterocycles. The molecule has 1 N–H and O–H groups in total. The molecule has 2 aliphatic rings. The Balaban J connectivity index is 1.90. The number of ketones is 1. The van der Waals surface area contributed by atoms with Crippen molar-refractivity contribution < 1.29 is 9.59 Å². The maximum atomic E-state index is 12.4. The number of pyridine rings is 1. The van der Waals surface area contributed by atoms with E-state index in [9.17, 15) is 9.59 Å². The number of likely N-dealkylation sites (N-methyl/N-ethyl adjacent to an activating group) is 1. The van der Waals surface area contributed by atoms with Crippen LogP contribution in [0, 0.1) is 0 Å². The number of nitrogens with zero attached hydrogens (tertiary/aromatic N) is 2. The first-order chi connectivity index (χ1) is 12.1. The molecule has 25 heavy (non-hydrogen) atoms. The standard InChI is InChI=1S/C18H15N3O2S2/c1-21-5-4-10-9(8-21)14(12-3-2-6-24-12)15-16-17(25-18(15)19-10)11(22)7-13(23)20-16/h2-3,6H,4-5,7-8H2,1H3,(H,20,23). The van der Waals surface area contributed by atoms with Gasteiger partial charge in [-0.2, -0.15) is 0 Å². The van der Waals surface area contributed by atoms with Gasteiger partial charge in [-0.25, -0.2) is 4.98 Å². The predicted molar refractivity (Wildman–Crippen MR) is 101 cm³/mol. The van der Waals surface area contributed by atoms with Crippen molar-refractivity contribution >= 4 is 50.3 Å². The molecule has 2 aliphatic heterocycles. The van der Waals surface area contributed by atoms with E-state index >= 15 is 0 Å². The smallest absolute Gasteiger partial charge is 0.232 e. The molecule has 0 fully saturated rings. The summed E-state index contributed by atoms with van der Waals surface area (Å²) >= 11 is 3.09. The lowest BCUT2D eigenvalue weighted by Gasteiger charge is -2.27. The van der Waals surface area contributed by atoms with E-state index in [1.54, 1.807) is 11.3 Å². The molecule has 5 rings (SSSR count). The fourth-order valence-corrected chi connectivity index (χ4v) is 5.56. The van der Waals surface area contributed by atoms with Gasteiger partial charge in [-0.05, 0) is 24.1 Å². The van der Waals surface area contributed by atoms with Crippen LogP contribution in [0.25, 0.3) is 20.7 Å². The lowest BCUT2D eigenvalue weighted by Crippen LogP contribution is -2.28. The van der Waals surface area contributed by atoms with Crippen molar-refractivity contribution in [3.05, 3.63) is 33.6 Å². The zero-order chi connectivity index (χ0) is 17.1. The Morgan fingerprint density at radius 2 is 2.20 bits per heavy atom. The maximum Gasteiger partial charge on any atom is 0.232 e. The van der Waals surface area contributed by atoms with E-state index in [-0.39, 0.29) is 18.1 Å². The number of fused-ring (bicyclic) bond motifs is 4. The minimum atomic E-state index is -0.232. The molecule has 0 spiro atoms. The number of thiophene rings is 2. The molecule has 3 aromatic rings. The highest BCUT2D eigenvalue weighted by Gasteiger charge is 2.32. The molecule has 7 heteroatoms. The van der Waals surface area contributed by atoms with Crippen LogP contribution in [0.5, 0.6) is 0 Å². The van der Waals surface area contributed by atoms with E-state index in [1.165, 1.54) is 16.9 Å². The van der Waals surface area contributed by atoms with Crippen molar-refractivity contribution in [2.75, 3.05) is 18.9 Å². The van der Waals surface area contributed by atoms with Crippen LogP contribution in [-0.4, -0.2) is 35.2 Å². The third kappa shape index (κ3) is 2.27. The molecule has 5 nitrogen and oxygen atoms in total. The molecule has 1 amide bonds. The highest BCUT2D eigenvalue weighted by Crippen LogP contribution is 2.46. The van der Waals surface area contributed by atoms with Crippen molar-refractivity contribution in [2.45, 2.75) is 19.4 Å². The predicted octanol–water partition coefficient (Wildman–Crippen LogP) is 3.54. The number of carbonyl (C=O) groups is 2. The normalized spacial score (nSPS) is 17.5. The highest BCUT2D eigenvalue weighted by atomic mass is 32.1. The fourth-order valence-electron chi connectivity index (χ4n) is 3.66. The van der Waals surface area contributed by atoms with Gasteiger partial charge < -0.3 is 10.2 Å². The Morgan fingerprint density at radius 1 is 1.32 bits per heavy atom. The van der Waals surface area contributed by atoms with E-state index in [0.717, 1.165) is 45.9 Å². The number of amides is 1.